The van der Waals surface area contributed by atoms with E-state index in [1.54, 1.807) is 20.4 Å². The molecule has 0 bridgehead atoms. The Hall–Kier alpha value is -4.41. The van der Waals surface area contributed by atoms with Gasteiger partial charge < -0.3 is 34.3 Å². The van der Waals surface area contributed by atoms with Gasteiger partial charge in [0, 0.05) is 36.1 Å². The summed E-state index contributed by atoms with van der Waals surface area (Å²) in [5, 5.41) is 6.93. The molecule has 0 unspecified atom stereocenters. The summed E-state index contributed by atoms with van der Waals surface area (Å²) in [6.07, 6.45) is 1.78. The van der Waals surface area contributed by atoms with Crippen LogP contribution in [0.2, 0.25) is 0 Å². The van der Waals surface area contributed by atoms with Gasteiger partial charge >= 0.3 is 0 Å². The van der Waals surface area contributed by atoms with Crippen LogP contribution in [0, 0.1) is 6.92 Å². The summed E-state index contributed by atoms with van der Waals surface area (Å²) in [5.41, 5.74) is 5.25. The molecular formula is C30H31N5O4S. The number of ether oxygens (including phenoxy) is 3. The molecule has 1 aliphatic heterocycles. The number of thiocarbonyl (C=S) groups is 1. The minimum Gasteiger partial charge on any atom is -0.497 e. The second kappa shape index (κ2) is 11.8. The van der Waals surface area contributed by atoms with E-state index in [-0.39, 0.29) is 24.6 Å². The van der Waals surface area contributed by atoms with Crippen LogP contribution < -0.4 is 25.0 Å². The van der Waals surface area contributed by atoms with Crippen molar-refractivity contribution in [2.45, 2.75) is 19.0 Å². The number of carbonyl (C=O) groups excluding carboxylic acids is 1. The van der Waals surface area contributed by atoms with E-state index < -0.39 is 0 Å². The van der Waals surface area contributed by atoms with Crippen LogP contribution in [0.15, 0.2) is 79.0 Å². The van der Waals surface area contributed by atoms with Gasteiger partial charge in [-0.05, 0) is 85.9 Å². The standard InChI is InChI=1S/C30H31N5O4S/c1-19-8-14-25(34(19)20-9-12-22(38-3)13-10-20)29-28(23-7-5-6-16-31-23)33-30(40)35(29)21-11-15-26(39-4)24(17-21)32-27(36)18-37-2/h5-17,28-29H,18H2,1-4H3,(H,32,36)(H,33,40)/t28-,29+/m0/s1. The maximum Gasteiger partial charge on any atom is 0.250 e. The van der Waals surface area contributed by atoms with Crippen molar-refractivity contribution >= 4 is 34.6 Å². The number of hydrogen-bond donors (Lipinski definition) is 2. The molecule has 0 saturated carbocycles. The molecule has 4 aromatic rings. The lowest BCUT2D eigenvalue weighted by molar-refractivity contribution is -0.119. The first-order valence-corrected chi connectivity index (χ1v) is 13.2. The molecule has 0 aliphatic carbocycles. The van der Waals surface area contributed by atoms with Gasteiger partial charge in [-0.25, -0.2) is 0 Å². The number of carbonyl (C=O) groups is 1. The van der Waals surface area contributed by atoms with Gasteiger partial charge in [0.1, 0.15) is 24.1 Å². The van der Waals surface area contributed by atoms with Crippen molar-refractivity contribution in [3.63, 3.8) is 0 Å². The summed E-state index contributed by atoms with van der Waals surface area (Å²) in [5.74, 6) is 1.03. The number of anilines is 2. The number of aromatic nitrogens is 2. The van der Waals surface area contributed by atoms with Gasteiger partial charge in [0.15, 0.2) is 5.11 Å². The summed E-state index contributed by atoms with van der Waals surface area (Å²) in [4.78, 5) is 19.1. The maximum absolute atomic E-state index is 12.4. The van der Waals surface area contributed by atoms with Crippen molar-refractivity contribution in [2.24, 2.45) is 0 Å². The Bertz CT molecular complexity index is 1510. The number of nitrogens with one attached hydrogen (secondary N) is 2. The van der Waals surface area contributed by atoms with Crippen molar-refractivity contribution in [1.29, 1.82) is 0 Å². The molecule has 0 radical (unpaired) electrons. The highest BCUT2D eigenvalue weighted by Crippen LogP contribution is 2.44. The zero-order valence-electron chi connectivity index (χ0n) is 22.8. The number of hydrogen-bond acceptors (Lipinski definition) is 6. The SMILES string of the molecule is COCC(=O)Nc1cc(N2C(=S)N[C@@H](c3ccccn3)[C@H]2c2ccc(C)n2-c2ccc(OC)cc2)ccc1OC. The summed E-state index contributed by atoms with van der Waals surface area (Å²) in [6.45, 7) is 2.00. The fourth-order valence-corrected chi connectivity index (χ4v) is 5.41. The number of nitrogens with zero attached hydrogens (tertiary/aromatic N) is 3. The largest absolute Gasteiger partial charge is 0.497 e. The second-order valence-corrected chi connectivity index (χ2v) is 9.68. The molecule has 1 saturated heterocycles. The van der Waals surface area contributed by atoms with Gasteiger partial charge in [-0.1, -0.05) is 6.07 Å². The van der Waals surface area contributed by atoms with Crippen LogP contribution in [-0.4, -0.2) is 48.5 Å². The Morgan fingerprint density at radius 1 is 1.00 bits per heavy atom. The van der Waals surface area contributed by atoms with Crippen molar-refractivity contribution in [1.82, 2.24) is 14.9 Å². The Morgan fingerprint density at radius 2 is 1.77 bits per heavy atom. The quantitative estimate of drug-likeness (QED) is 0.279. The highest BCUT2D eigenvalue weighted by atomic mass is 32.1. The fraction of sp³-hybridized carbons (Fsp3) is 0.233. The van der Waals surface area contributed by atoms with Gasteiger partial charge in [0.2, 0.25) is 5.91 Å². The first-order chi connectivity index (χ1) is 19.4. The lowest BCUT2D eigenvalue weighted by Crippen LogP contribution is -2.30. The molecule has 1 aliphatic rings. The fourth-order valence-electron chi connectivity index (χ4n) is 5.07. The molecule has 10 heteroatoms. The van der Waals surface area contributed by atoms with E-state index in [4.69, 9.17) is 26.4 Å². The number of pyridine rings is 1. The first kappa shape index (κ1) is 27.2. The van der Waals surface area contributed by atoms with E-state index in [0.717, 1.165) is 34.2 Å². The second-order valence-electron chi connectivity index (χ2n) is 9.30. The molecular weight excluding hydrogens is 526 g/mol. The van der Waals surface area contributed by atoms with Crippen LogP contribution in [0.1, 0.15) is 29.2 Å². The maximum atomic E-state index is 12.4. The summed E-state index contributed by atoms with van der Waals surface area (Å²) < 4.78 is 18.1. The number of methoxy groups -OCH3 is 3. The average Bonchev–Trinajstić information content (AvgIpc) is 3.52. The molecule has 5 rings (SSSR count). The van der Waals surface area contributed by atoms with E-state index in [0.29, 0.717) is 16.5 Å². The van der Waals surface area contributed by atoms with Crippen LogP contribution in [-0.2, 0) is 9.53 Å². The predicted octanol–water partition coefficient (Wildman–Crippen LogP) is 4.96. The molecule has 0 spiro atoms. The average molecular weight is 558 g/mol. The zero-order valence-corrected chi connectivity index (χ0v) is 23.6. The summed E-state index contributed by atoms with van der Waals surface area (Å²) in [6, 6.07) is 23.1. The molecule has 40 heavy (non-hydrogen) atoms. The van der Waals surface area contributed by atoms with E-state index in [2.05, 4.69) is 44.1 Å². The predicted molar refractivity (Wildman–Crippen MR) is 158 cm³/mol. The molecule has 2 N–H and O–H groups in total. The van der Waals surface area contributed by atoms with Crippen LogP contribution in [0.3, 0.4) is 0 Å². The van der Waals surface area contributed by atoms with Crippen LogP contribution in [0.4, 0.5) is 11.4 Å². The Labute approximate surface area is 238 Å². The Kier molecular flexibility index (Phi) is 7.99. The van der Waals surface area contributed by atoms with Crippen LogP contribution in [0.25, 0.3) is 5.69 Å². The minimum atomic E-state index is -0.285. The number of benzene rings is 2. The van der Waals surface area contributed by atoms with Crippen molar-refractivity contribution < 1.29 is 19.0 Å². The molecule has 1 amide bonds. The van der Waals surface area contributed by atoms with E-state index in [1.165, 1.54) is 7.11 Å². The topological polar surface area (TPSA) is 89.9 Å². The lowest BCUT2D eigenvalue weighted by atomic mass is 10.0. The third-order valence-electron chi connectivity index (χ3n) is 6.85. The lowest BCUT2D eigenvalue weighted by Gasteiger charge is -2.30. The molecule has 1 fully saturated rings. The van der Waals surface area contributed by atoms with Gasteiger partial charge in [0.25, 0.3) is 0 Å². The Morgan fingerprint density at radius 3 is 2.45 bits per heavy atom. The van der Waals surface area contributed by atoms with E-state index in [1.807, 2.05) is 60.7 Å². The highest BCUT2D eigenvalue weighted by Gasteiger charge is 2.42. The highest BCUT2D eigenvalue weighted by molar-refractivity contribution is 7.80. The van der Waals surface area contributed by atoms with Crippen LogP contribution in [0.5, 0.6) is 11.5 Å². The minimum absolute atomic E-state index is 0.0733. The van der Waals surface area contributed by atoms with Crippen LogP contribution >= 0.6 is 12.2 Å². The number of aryl methyl sites for hydroxylation is 1. The van der Waals surface area contributed by atoms with E-state index in [9.17, 15) is 4.79 Å². The van der Waals surface area contributed by atoms with Crippen molar-refractivity contribution in [3.05, 3.63) is 96.1 Å². The van der Waals surface area contributed by atoms with Gasteiger partial charge in [-0.15, -0.1) is 0 Å². The van der Waals surface area contributed by atoms with E-state index >= 15 is 0 Å². The van der Waals surface area contributed by atoms with Crippen molar-refractivity contribution in [3.8, 4) is 17.2 Å². The third-order valence-corrected chi connectivity index (χ3v) is 7.16. The normalized spacial score (nSPS) is 16.5. The van der Waals surface area contributed by atoms with Gasteiger partial charge in [-0.2, -0.15) is 0 Å². The number of rotatable bonds is 9. The molecule has 9 nitrogen and oxygen atoms in total. The van der Waals surface area contributed by atoms with Gasteiger partial charge in [0.05, 0.1) is 31.6 Å². The third kappa shape index (κ3) is 5.23. The zero-order chi connectivity index (χ0) is 28.2. The van der Waals surface area contributed by atoms with Gasteiger partial charge in [-0.3, -0.25) is 9.78 Å². The monoisotopic (exact) mass is 557 g/mol. The number of amides is 1. The summed E-state index contributed by atoms with van der Waals surface area (Å²) in [7, 11) is 4.69. The molecule has 3 heterocycles. The molecule has 2 atom stereocenters. The molecule has 206 valence electrons. The molecule has 2 aromatic heterocycles. The summed E-state index contributed by atoms with van der Waals surface area (Å²) >= 11 is 5.93. The smallest absolute Gasteiger partial charge is 0.250 e. The first-order valence-electron chi connectivity index (χ1n) is 12.7. The Balaban J connectivity index is 1.65. The molecule has 2 aromatic carbocycles. The van der Waals surface area contributed by atoms with Crippen molar-refractivity contribution in [2.75, 3.05) is 38.2 Å².